The monoisotopic (exact) mass is 353 g/mol. The molecule has 0 spiro atoms. The van der Waals surface area contributed by atoms with E-state index in [0.29, 0.717) is 17.9 Å². The smallest absolute Gasteiger partial charge is 0.231 e. The van der Waals surface area contributed by atoms with Crippen molar-refractivity contribution in [1.82, 2.24) is 14.4 Å². The first kappa shape index (κ1) is 16.5. The third-order valence-corrected chi connectivity index (χ3v) is 4.62. The first-order valence-corrected chi connectivity index (χ1v) is 8.50. The van der Waals surface area contributed by atoms with Gasteiger partial charge in [-0.15, -0.1) is 0 Å². The normalized spacial score (nSPS) is 18.8. The lowest BCUT2D eigenvalue weighted by Gasteiger charge is -2.14. The fourth-order valence-corrected chi connectivity index (χ4v) is 2.95. The number of alkyl halides is 1. The first-order valence-electron chi connectivity index (χ1n) is 8.50. The van der Waals surface area contributed by atoms with Gasteiger partial charge in [-0.3, -0.25) is 4.79 Å². The third-order valence-electron chi connectivity index (χ3n) is 4.62. The summed E-state index contributed by atoms with van der Waals surface area (Å²) in [6.45, 7) is 2.05. The number of rotatable bonds is 4. The molecule has 1 N–H and O–H groups in total. The highest BCUT2D eigenvalue weighted by molar-refractivity contribution is 5.94. The predicted molar refractivity (Wildman–Crippen MR) is 99.1 cm³/mol. The summed E-state index contributed by atoms with van der Waals surface area (Å²) in [6.07, 6.45) is 4.84. The number of imidazole rings is 1. The zero-order valence-electron chi connectivity index (χ0n) is 14.9. The van der Waals surface area contributed by atoms with Crippen molar-refractivity contribution >= 4 is 23.2 Å². The predicted octanol–water partition coefficient (Wildman–Crippen LogP) is 3.07. The molecule has 1 amide bonds. The van der Waals surface area contributed by atoms with Gasteiger partial charge in [-0.25, -0.2) is 14.4 Å². The molecule has 26 heavy (non-hydrogen) atoms. The van der Waals surface area contributed by atoms with Crippen LogP contribution in [0.5, 0.6) is 0 Å². The molecule has 0 saturated heterocycles. The SMILES string of the molecule is Cc1cc(N(C)C)ncc1-c1ccc2nc(NC(=O)[C@@H]3C[C@@H]3F)cn2c1. The van der Waals surface area contributed by atoms with Crippen molar-refractivity contribution in [2.45, 2.75) is 19.5 Å². The van der Waals surface area contributed by atoms with Gasteiger partial charge in [-0.05, 0) is 37.1 Å². The Labute approximate surface area is 150 Å². The average Bonchev–Trinajstić information content (AvgIpc) is 3.20. The Bertz CT molecular complexity index is 997. The zero-order chi connectivity index (χ0) is 18.4. The van der Waals surface area contributed by atoms with Crippen LogP contribution in [0.25, 0.3) is 16.8 Å². The molecule has 0 radical (unpaired) electrons. The van der Waals surface area contributed by atoms with E-state index < -0.39 is 12.1 Å². The number of pyridine rings is 2. The van der Waals surface area contributed by atoms with Crippen molar-refractivity contribution in [1.29, 1.82) is 0 Å². The van der Waals surface area contributed by atoms with Gasteiger partial charge in [0.1, 0.15) is 17.6 Å². The molecule has 3 aromatic rings. The summed E-state index contributed by atoms with van der Waals surface area (Å²) < 4.78 is 14.8. The minimum absolute atomic E-state index is 0.304. The summed E-state index contributed by atoms with van der Waals surface area (Å²) in [5.41, 5.74) is 3.88. The maximum absolute atomic E-state index is 13.0. The Kier molecular flexibility index (Phi) is 3.86. The maximum atomic E-state index is 13.0. The molecule has 7 heteroatoms. The topological polar surface area (TPSA) is 62.5 Å². The molecule has 1 saturated carbocycles. The van der Waals surface area contributed by atoms with E-state index >= 15 is 0 Å². The molecular formula is C19H20FN5O. The van der Waals surface area contributed by atoms with Gasteiger partial charge in [0, 0.05) is 37.6 Å². The third kappa shape index (κ3) is 3.00. The largest absolute Gasteiger partial charge is 0.363 e. The van der Waals surface area contributed by atoms with Crippen LogP contribution in [0.1, 0.15) is 12.0 Å². The number of halogens is 1. The van der Waals surface area contributed by atoms with Crippen LogP contribution >= 0.6 is 0 Å². The molecule has 0 aromatic carbocycles. The molecule has 0 aliphatic heterocycles. The number of carbonyl (C=O) groups excluding carboxylic acids is 1. The van der Waals surface area contributed by atoms with Crippen LogP contribution in [0.15, 0.2) is 36.8 Å². The van der Waals surface area contributed by atoms with Gasteiger partial charge in [0.2, 0.25) is 5.91 Å². The Morgan fingerprint density at radius 3 is 2.77 bits per heavy atom. The van der Waals surface area contributed by atoms with E-state index in [-0.39, 0.29) is 5.91 Å². The van der Waals surface area contributed by atoms with E-state index in [9.17, 15) is 9.18 Å². The van der Waals surface area contributed by atoms with Gasteiger partial charge >= 0.3 is 0 Å². The minimum Gasteiger partial charge on any atom is -0.363 e. The van der Waals surface area contributed by atoms with Gasteiger partial charge < -0.3 is 14.6 Å². The van der Waals surface area contributed by atoms with Crippen LogP contribution in [0.2, 0.25) is 0 Å². The summed E-state index contributed by atoms with van der Waals surface area (Å²) in [7, 11) is 3.92. The van der Waals surface area contributed by atoms with Gasteiger partial charge in [-0.2, -0.15) is 0 Å². The summed E-state index contributed by atoms with van der Waals surface area (Å²) >= 11 is 0. The fourth-order valence-electron chi connectivity index (χ4n) is 2.95. The second-order valence-electron chi connectivity index (χ2n) is 6.91. The van der Waals surface area contributed by atoms with Crippen molar-refractivity contribution in [2.24, 2.45) is 5.92 Å². The van der Waals surface area contributed by atoms with E-state index in [1.54, 1.807) is 6.20 Å². The van der Waals surface area contributed by atoms with Crippen LogP contribution in [-0.2, 0) is 4.79 Å². The van der Waals surface area contributed by atoms with Crippen LogP contribution < -0.4 is 10.2 Å². The molecule has 6 nitrogen and oxygen atoms in total. The highest BCUT2D eigenvalue weighted by atomic mass is 19.1. The summed E-state index contributed by atoms with van der Waals surface area (Å²) in [6, 6.07) is 5.91. The van der Waals surface area contributed by atoms with Crippen molar-refractivity contribution in [3.05, 3.63) is 42.4 Å². The number of anilines is 2. The Hall–Kier alpha value is -2.96. The highest BCUT2D eigenvalue weighted by Gasteiger charge is 2.43. The zero-order valence-corrected chi connectivity index (χ0v) is 14.9. The average molecular weight is 353 g/mol. The van der Waals surface area contributed by atoms with E-state index in [4.69, 9.17) is 0 Å². The van der Waals surface area contributed by atoms with Crippen molar-refractivity contribution < 1.29 is 9.18 Å². The number of fused-ring (bicyclic) bond motifs is 1. The summed E-state index contributed by atoms with van der Waals surface area (Å²) in [5.74, 6) is 0.509. The molecular weight excluding hydrogens is 333 g/mol. The molecule has 134 valence electrons. The Morgan fingerprint density at radius 2 is 2.12 bits per heavy atom. The molecule has 4 rings (SSSR count). The highest BCUT2D eigenvalue weighted by Crippen LogP contribution is 2.34. The molecule has 0 bridgehead atoms. The van der Waals surface area contributed by atoms with E-state index in [2.05, 4.69) is 22.2 Å². The van der Waals surface area contributed by atoms with Gasteiger partial charge in [-0.1, -0.05) is 0 Å². The van der Waals surface area contributed by atoms with E-state index in [1.807, 2.05) is 54.0 Å². The van der Waals surface area contributed by atoms with Crippen molar-refractivity contribution in [3.63, 3.8) is 0 Å². The maximum Gasteiger partial charge on any atom is 0.231 e. The Balaban J connectivity index is 1.62. The number of nitrogens with zero attached hydrogens (tertiary/aromatic N) is 4. The van der Waals surface area contributed by atoms with Crippen LogP contribution in [0.4, 0.5) is 16.0 Å². The van der Waals surface area contributed by atoms with Crippen LogP contribution in [-0.4, -0.2) is 40.5 Å². The molecule has 0 unspecified atom stereocenters. The van der Waals surface area contributed by atoms with E-state index in [1.165, 1.54) is 0 Å². The quantitative estimate of drug-likeness (QED) is 0.783. The number of aromatic nitrogens is 3. The standard InChI is InChI=1S/C19H20FN5O/c1-11-6-18(24(2)3)21-8-14(11)12-4-5-17-22-16(10-25(17)9-12)23-19(26)13-7-15(13)20/h4-6,8-10,13,15H,7H2,1-3H3,(H,23,26)/t13-,15+/m1/s1. The number of nitrogens with one attached hydrogen (secondary N) is 1. The fraction of sp³-hybridized carbons (Fsp3) is 0.316. The second-order valence-corrected chi connectivity index (χ2v) is 6.91. The van der Waals surface area contributed by atoms with Crippen molar-refractivity contribution in [3.8, 4) is 11.1 Å². The van der Waals surface area contributed by atoms with Gasteiger partial charge in [0.05, 0.1) is 12.1 Å². The Morgan fingerprint density at radius 1 is 1.35 bits per heavy atom. The number of aryl methyl sites for hydroxylation is 1. The molecule has 1 aliphatic rings. The summed E-state index contributed by atoms with van der Waals surface area (Å²) in [5, 5.41) is 2.69. The molecule has 1 fully saturated rings. The van der Waals surface area contributed by atoms with E-state index in [0.717, 1.165) is 22.5 Å². The number of hydrogen-bond acceptors (Lipinski definition) is 4. The lowest BCUT2D eigenvalue weighted by atomic mass is 10.0. The second kappa shape index (κ2) is 6.09. The summed E-state index contributed by atoms with van der Waals surface area (Å²) in [4.78, 5) is 22.7. The lowest BCUT2D eigenvalue weighted by Crippen LogP contribution is -2.15. The van der Waals surface area contributed by atoms with Crippen molar-refractivity contribution in [2.75, 3.05) is 24.3 Å². The minimum atomic E-state index is -1.01. The molecule has 3 aromatic heterocycles. The first-order chi connectivity index (χ1) is 12.4. The number of hydrogen-bond donors (Lipinski definition) is 1. The molecule has 3 heterocycles. The number of carbonyl (C=O) groups is 1. The lowest BCUT2D eigenvalue weighted by molar-refractivity contribution is -0.117. The van der Waals surface area contributed by atoms with Crippen LogP contribution in [0.3, 0.4) is 0 Å². The number of amides is 1. The molecule has 1 aliphatic carbocycles. The molecule has 2 atom stereocenters. The van der Waals surface area contributed by atoms with Crippen LogP contribution in [0, 0.1) is 12.8 Å². The van der Waals surface area contributed by atoms with Gasteiger partial charge in [0.15, 0.2) is 5.82 Å². The van der Waals surface area contributed by atoms with Gasteiger partial charge in [0.25, 0.3) is 0 Å².